The fourth-order valence-electron chi connectivity index (χ4n) is 2.07. The van der Waals surface area contributed by atoms with E-state index >= 15 is 0 Å². The van der Waals surface area contributed by atoms with Crippen LogP contribution in [0.25, 0.3) is 0 Å². The van der Waals surface area contributed by atoms with Gasteiger partial charge in [0.25, 0.3) is 0 Å². The second kappa shape index (κ2) is 6.05. The summed E-state index contributed by atoms with van der Waals surface area (Å²) in [5.41, 5.74) is 4.56. The van der Waals surface area contributed by atoms with Gasteiger partial charge in [-0.15, -0.1) is 0 Å². The molecule has 1 aromatic carbocycles. The standard InChI is InChI=1S/C13H19N.C2H6/c1-10(2)11-4-5-13-9-14(3)7-6-12(13)8-11;1-2/h4-5,8,10H,6-7,9H2,1-3H3;1-2H3. The highest BCUT2D eigenvalue weighted by atomic mass is 15.1. The summed E-state index contributed by atoms with van der Waals surface area (Å²) in [6.45, 7) is 10.8. The quantitative estimate of drug-likeness (QED) is 0.694. The van der Waals surface area contributed by atoms with Crippen LogP contribution < -0.4 is 0 Å². The van der Waals surface area contributed by atoms with Gasteiger partial charge in [-0.05, 0) is 36.1 Å². The molecule has 0 aliphatic carbocycles. The molecule has 0 fully saturated rings. The average molecular weight is 219 g/mol. The van der Waals surface area contributed by atoms with Gasteiger partial charge in [-0.2, -0.15) is 0 Å². The largest absolute Gasteiger partial charge is 0.302 e. The number of rotatable bonds is 1. The van der Waals surface area contributed by atoms with E-state index < -0.39 is 0 Å². The summed E-state index contributed by atoms with van der Waals surface area (Å²) in [6.07, 6.45) is 1.21. The molecule has 0 amide bonds. The molecule has 2 rings (SSSR count). The zero-order chi connectivity index (χ0) is 12.1. The van der Waals surface area contributed by atoms with Gasteiger partial charge in [0.05, 0.1) is 0 Å². The van der Waals surface area contributed by atoms with Crippen molar-refractivity contribution in [2.75, 3.05) is 13.6 Å². The monoisotopic (exact) mass is 219 g/mol. The lowest BCUT2D eigenvalue weighted by Gasteiger charge is -2.25. The van der Waals surface area contributed by atoms with Crippen molar-refractivity contribution in [1.82, 2.24) is 4.90 Å². The molecule has 0 radical (unpaired) electrons. The molecule has 1 heteroatoms. The van der Waals surface area contributed by atoms with Gasteiger partial charge in [0.2, 0.25) is 0 Å². The first kappa shape index (κ1) is 13.2. The zero-order valence-electron chi connectivity index (χ0n) is 11.4. The number of hydrogen-bond donors (Lipinski definition) is 0. The van der Waals surface area contributed by atoms with Crippen molar-refractivity contribution in [3.63, 3.8) is 0 Å². The SMILES string of the molecule is CC.CC(C)c1ccc2c(c1)CCN(C)C2. The molecule has 0 atom stereocenters. The van der Waals surface area contributed by atoms with E-state index in [2.05, 4.69) is 44.0 Å². The fraction of sp³-hybridized carbons (Fsp3) is 0.600. The molecule has 1 aliphatic heterocycles. The molecular formula is C15H25N. The lowest BCUT2D eigenvalue weighted by molar-refractivity contribution is 0.313. The maximum atomic E-state index is 2.40. The van der Waals surface area contributed by atoms with Crippen molar-refractivity contribution in [1.29, 1.82) is 0 Å². The molecule has 1 nitrogen and oxygen atoms in total. The van der Waals surface area contributed by atoms with Gasteiger partial charge in [-0.25, -0.2) is 0 Å². The van der Waals surface area contributed by atoms with Crippen molar-refractivity contribution >= 4 is 0 Å². The Kier molecular flexibility index (Phi) is 5.01. The lowest BCUT2D eigenvalue weighted by Crippen LogP contribution is -2.26. The van der Waals surface area contributed by atoms with Crippen molar-refractivity contribution in [2.45, 2.75) is 46.6 Å². The maximum Gasteiger partial charge on any atom is 0.0233 e. The number of nitrogens with zero attached hydrogens (tertiary/aromatic N) is 1. The van der Waals surface area contributed by atoms with Gasteiger partial charge in [0.15, 0.2) is 0 Å². The zero-order valence-corrected chi connectivity index (χ0v) is 11.4. The average Bonchev–Trinajstić information content (AvgIpc) is 2.30. The van der Waals surface area contributed by atoms with Crippen molar-refractivity contribution < 1.29 is 0 Å². The van der Waals surface area contributed by atoms with Crippen molar-refractivity contribution in [3.05, 3.63) is 34.9 Å². The molecule has 1 aromatic rings. The van der Waals surface area contributed by atoms with Crippen LogP contribution in [0.15, 0.2) is 18.2 Å². The summed E-state index contributed by atoms with van der Waals surface area (Å²) in [4.78, 5) is 2.39. The highest BCUT2D eigenvalue weighted by molar-refractivity contribution is 5.35. The Morgan fingerprint density at radius 3 is 2.44 bits per heavy atom. The minimum absolute atomic E-state index is 0.653. The molecule has 1 heterocycles. The Bertz CT molecular complexity index is 328. The van der Waals surface area contributed by atoms with Crippen LogP contribution in [0.2, 0.25) is 0 Å². The van der Waals surface area contributed by atoms with Crippen LogP contribution in [0.1, 0.15) is 50.3 Å². The van der Waals surface area contributed by atoms with Crippen LogP contribution >= 0.6 is 0 Å². The Morgan fingerprint density at radius 1 is 1.12 bits per heavy atom. The van der Waals surface area contributed by atoms with Gasteiger partial charge >= 0.3 is 0 Å². The van der Waals surface area contributed by atoms with Crippen LogP contribution in [0, 0.1) is 0 Å². The second-order valence-electron chi connectivity index (χ2n) is 4.67. The third-order valence-corrected chi connectivity index (χ3v) is 3.10. The molecule has 1 aliphatic rings. The molecule has 0 saturated heterocycles. The molecule has 16 heavy (non-hydrogen) atoms. The van der Waals surface area contributed by atoms with Crippen molar-refractivity contribution in [2.24, 2.45) is 0 Å². The lowest BCUT2D eigenvalue weighted by atomic mass is 9.93. The summed E-state index contributed by atoms with van der Waals surface area (Å²) in [6, 6.07) is 6.98. The summed E-state index contributed by atoms with van der Waals surface area (Å²) in [5.74, 6) is 0.653. The van der Waals surface area contributed by atoms with Gasteiger partial charge < -0.3 is 4.90 Å². The highest BCUT2D eigenvalue weighted by Crippen LogP contribution is 2.23. The number of fused-ring (bicyclic) bond motifs is 1. The number of hydrogen-bond acceptors (Lipinski definition) is 1. The minimum atomic E-state index is 0.653. The molecule has 0 unspecified atom stereocenters. The van der Waals surface area contributed by atoms with Crippen LogP contribution in [0.5, 0.6) is 0 Å². The predicted octanol–water partition coefficient (Wildman–Crippen LogP) is 3.82. The molecule has 0 saturated carbocycles. The van der Waals surface area contributed by atoms with E-state index in [1.54, 1.807) is 5.56 Å². The molecule has 0 bridgehead atoms. The minimum Gasteiger partial charge on any atom is -0.302 e. The molecule has 0 N–H and O–H groups in total. The van der Waals surface area contributed by atoms with E-state index in [1.807, 2.05) is 13.8 Å². The van der Waals surface area contributed by atoms with E-state index in [4.69, 9.17) is 0 Å². The summed E-state index contributed by atoms with van der Waals surface area (Å²) in [7, 11) is 2.19. The molecular weight excluding hydrogens is 194 g/mol. The first-order chi connectivity index (χ1) is 7.66. The molecule has 0 spiro atoms. The molecule has 90 valence electrons. The Hall–Kier alpha value is -0.820. The third kappa shape index (κ3) is 3.08. The number of benzene rings is 1. The normalized spacial score (nSPS) is 15.4. The van der Waals surface area contributed by atoms with E-state index in [9.17, 15) is 0 Å². The topological polar surface area (TPSA) is 3.24 Å². The molecule has 0 aromatic heterocycles. The highest BCUT2D eigenvalue weighted by Gasteiger charge is 2.13. The Morgan fingerprint density at radius 2 is 1.81 bits per heavy atom. The van der Waals surface area contributed by atoms with Crippen LogP contribution in [0.3, 0.4) is 0 Å². The second-order valence-corrected chi connectivity index (χ2v) is 4.67. The van der Waals surface area contributed by atoms with Crippen LogP contribution in [-0.4, -0.2) is 18.5 Å². The Balaban J connectivity index is 0.000000606. The van der Waals surface area contributed by atoms with Gasteiger partial charge in [0.1, 0.15) is 0 Å². The fourth-order valence-corrected chi connectivity index (χ4v) is 2.07. The summed E-state index contributed by atoms with van der Waals surface area (Å²) >= 11 is 0. The maximum absolute atomic E-state index is 2.40. The van der Waals surface area contributed by atoms with E-state index in [0.29, 0.717) is 5.92 Å². The van der Waals surface area contributed by atoms with Crippen LogP contribution in [0.4, 0.5) is 0 Å². The first-order valence-corrected chi connectivity index (χ1v) is 6.47. The third-order valence-electron chi connectivity index (χ3n) is 3.10. The summed E-state index contributed by atoms with van der Waals surface area (Å²) < 4.78 is 0. The van der Waals surface area contributed by atoms with E-state index in [1.165, 1.54) is 24.1 Å². The predicted molar refractivity (Wildman–Crippen MR) is 71.9 cm³/mol. The van der Waals surface area contributed by atoms with Gasteiger partial charge in [-0.1, -0.05) is 45.9 Å². The number of likely N-dealkylation sites (N-methyl/N-ethyl adjacent to an activating group) is 1. The van der Waals surface area contributed by atoms with E-state index in [0.717, 1.165) is 6.54 Å². The smallest absolute Gasteiger partial charge is 0.0233 e. The van der Waals surface area contributed by atoms with E-state index in [-0.39, 0.29) is 0 Å². The Labute approximate surface area is 100 Å². The van der Waals surface area contributed by atoms with Gasteiger partial charge in [0, 0.05) is 13.1 Å². The van der Waals surface area contributed by atoms with Crippen LogP contribution in [-0.2, 0) is 13.0 Å². The first-order valence-electron chi connectivity index (χ1n) is 6.47. The van der Waals surface area contributed by atoms with Gasteiger partial charge in [-0.3, -0.25) is 0 Å². The summed E-state index contributed by atoms with van der Waals surface area (Å²) in [5, 5.41) is 0. The van der Waals surface area contributed by atoms with Crippen molar-refractivity contribution in [3.8, 4) is 0 Å².